The lowest BCUT2D eigenvalue weighted by Gasteiger charge is -2.06. The summed E-state index contributed by atoms with van der Waals surface area (Å²) in [6.07, 6.45) is -0.424. The van der Waals surface area contributed by atoms with Gasteiger partial charge in [0.05, 0.1) is 18.5 Å². The van der Waals surface area contributed by atoms with Crippen molar-refractivity contribution in [3.63, 3.8) is 0 Å². The summed E-state index contributed by atoms with van der Waals surface area (Å²) < 4.78 is 5.38. The van der Waals surface area contributed by atoms with Gasteiger partial charge in [-0.25, -0.2) is 0 Å². The Hall–Kier alpha value is -1.63. The van der Waals surface area contributed by atoms with Crippen LogP contribution >= 0.6 is 15.9 Å². The molecule has 0 saturated carbocycles. The van der Waals surface area contributed by atoms with E-state index in [1.54, 1.807) is 0 Å². The van der Waals surface area contributed by atoms with E-state index >= 15 is 0 Å². The molecule has 7 heteroatoms. The zero-order valence-electron chi connectivity index (χ0n) is 8.27. The number of aliphatic carboxylic acids is 1. The Balaban J connectivity index is 3.37. The highest BCUT2D eigenvalue weighted by atomic mass is 79.9. The first-order valence-electron chi connectivity index (χ1n) is 4.18. The molecule has 0 radical (unpaired) electrons. The second kappa shape index (κ2) is 4.93. The van der Waals surface area contributed by atoms with Gasteiger partial charge in [-0.1, -0.05) is 15.9 Å². The fraction of sp³-hybridized carbons (Fsp3) is 0.222. The average Bonchev–Trinajstić information content (AvgIpc) is 2.14. The van der Waals surface area contributed by atoms with Crippen LogP contribution in [0.2, 0.25) is 0 Å². The van der Waals surface area contributed by atoms with Gasteiger partial charge in [0.2, 0.25) is 0 Å². The van der Waals surface area contributed by atoms with Crippen molar-refractivity contribution in [2.24, 2.45) is 0 Å². The number of hydrogen-bond donors (Lipinski definition) is 1. The number of carboxylic acids is 1. The van der Waals surface area contributed by atoms with Gasteiger partial charge in [0.25, 0.3) is 0 Å². The van der Waals surface area contributed by atoms with Crippen LogP contribution in [0.4, 0.5) is 5.69 Å². The van der Waals surface area contributed by atoms with Crippen molar-refractivity contribution in [1.29, 1.82) is 0 Å². The number of carbonyl (C=O) groups is 1. The van der Waals surface area contributed by atoms with Crippen molar-refractivity contribution in [3.05, 3.63) is 32.3 Å². The Morgan fingerprint density at radius 3 is 2.69 bits per heavy atom. The van der Waals surface area contributed by atoms with Crippen molar-refractivity contribution < 1.29 is 19.6 Å². The molecule has 6 nitrogen and oxygen atoms in total. The SMILES string of the molecule is COc1cc(Br)cc(CC(=O)O)c1[N+](=O)[O-]. The largest absolute Gasteiger partial charge is 0.490 e. The third-order valence-corrected chi connectivity index (χ3v) is 2.32. The van der Waals surface area contributed by atoms with E-state index in [2.05, 4.69) is 15.9 Å². The molecule has 1 N–H and O–H groups in total. The molecular weight excluding hydrogens is 282 g/mol. The normalized spacial score (nSPS) is 9.88. The van der Waals surface area contributed by atoms with Crippen LogP contribution in [0.15, 0.2) is 16.6 Å². The molecule has 1 rings (SSSR count). The zero-order chi connectivity index (χ0) is 12.3. The smallest absolute Gasteiger partial charge is 0.314 e. The van der Waals surface area contributed by atoms with Gasteiger partial charge in [-0.05, 0) is 6.07 Å². The van der Waals surface area contributed by atoms with Crippen molar-refractivity contribution in [3.8, 4) is 5.75 Å². The van der Waals surface area contributed by atoms with Gasteiger partial charge in [-0.2, -0.15) is 0 Å². The summed E-state index contributed by atoms with van der Waals surface area (Å²) in [4.78, 5) is 20.7. The molecule has 0 aromatic heterocycles. The summed E-state index contributed by atoms with van der Waals surface area (Å²) in [6, 6.07) is 2.82. The fourth-order valence-corrected chi connectivity index (χ4v) is 1.77. The van der Waals surface area contributed by atoms with Gasteiger partial charge in [0.1, 0.15) is 0 Å². The molecule has 16 heavy (non-hydrogen) atoms. The summed E-state index contributed by atoms with van der Waals surface area (Å²) in [5, 5.41) is 19.5. The molecule has 0 heterocycles. The van der Waals surface area contributed by atoms with E-state index in [0.717, 1.165) is 0 Å². The lowest BCUT2D eigenvalue weighted by Crippen LogP contribution is -2.05. The first-order valence-corrected chi connectivity index (χ1v) is 4.97. The summed E-state index contributed by atoms with van der Waals surface area (Å²) in [5.41, 5.74) is -0.211. The van der Waals surface area contributed by atoms with Crippen LogP contribution in [-0.4, -0.2) is 23.1 Å². The maximum atomic E-state index is 10.8. The van der Waals surface area contributed by atoms with E-state index in [4.69, 9.17) is 9.84 Å². The quantitative estimate of drug-likeness (QED) is 0.676. The number of carboxylic acid groups (broad SMARTS) is 1. The molecule has 86 valence electrons. The van der Waals surface area contributed by atoms with Crippen LogP contribution < -0.4 is 4.74 Å². The van der Waals surface area contributed by atoms with Crippen LogP contribution in [0.25, 0.3) is 0 Å². The Morgan fingerprint density at radius 1 is 1.62 bits per heavy atom. The van der Waals surface area contributed by atoms with Crippen LogP contribution in [0.5, 0.6) is 5.75 Å². The monoisotopic (exact) mass is 289 g/mol. The van der Waals surface area contributed by atoms with Crippen molar-refractivity contribution in [2.75, 3.05) is 7.11 Å². The van der Waals surface area contributed by atoms with Gasteiger partial charge in [0.15, 0.2) is 5.75 Å². The number of ether oxygens (including phenoxy) is 1. The number of nitro groups is 1. The minimum atomic E-state index is -1.14. The molecule has 0 amide bonds. The number of halogens is 1. The molecule has 0 atom stereocenters. The van der Waals surface area contributed by atoms with E-state index in [9.17, 15) is 14.9 Å². The van der Waals surface area contributed by atoms with Crippen molar-refractivity contribution in [1.82, 2.24) is 0 Å². The first-order chi connectivity index (χ1) is 7.45. The number of nitrogens with zero attached hydrogens (tertiary/aromatic N) is 1. The fourth-order valence-electron chi connectivity index (χ4n) is 1.29. The third kappa shape index (κ3) is 2.69. The average molecular weight is 290 g/mol. The minimum Gasteiger partial charge on any atom is -0.490 e. The molecule has 0 aliphatic carbocycles. The number of nitro benzene ring substituents is 1. The third-order valence-electron chi connectivity index (χ3n) is 1.86. The number of methoxy groups -OCH3 is 1. The molecular formula is C9H8BrNO5. The van der Waals surface area contributed by atoms with E-state index in [1.165, 1.54) is 19.2 Å². The Bertz CT molecular complexity index is 446. The lowest BCUT2D eigenvalue weighted by molar-refractivity contribution is -0.386. The van der Waals surface area contributed by atoms with Crippen molar-refractivity contribution >= 4 is 27.6 Å². The Kier molecular flexibility index (Phi) is 3.83. The van der Waals surface area contributed by atoms with Gasteiger partial charge < -0.3 is 9.84 Å². The molecule has 1 aromatic carbocycles. The summed E-state index contributed by atoms with van der Waals surface area (Å²) in [7, 11) is 1.29. The Morgan fingerprint density at radius 2 is 2.25 bits per heavy atom. The van der Waals surface area contributed by atoms with Crippen LogP contribution in [0, 0.1) is 10.1 Å². The molecule has 0 aliphatic rings. The summed E-state index contributed by atoms with van der Waals surface area (Å²) >= 11 is 3.13. The van der Waals surface area contributed by atoms with Crippen LogP contribution in [0.3, 0.4) is 0 Å². The molecule has 0 unspecified atom stereocenters. The second-order valence-electron chi connectivity index (χ2n) is 2.94. The van der Waals surface area contributed by atoms with Crippen molar-refractivity contribution in [2.45, 2.75) is 6.42 Å². The standard InChI is InChI=1S/C9H8BrNO5/c1-16-7-4-6(10)2-5(3-8(12)13)9(7)11(14)15/h2,4H,3H2,1H3,(H,12,13). The molecule has 0 bridgehead atoms. The van der Waals surface area contributed by atoms with E-state index < -0.39 is 17.3 Å². The van der Waals surface area contributed by atoms with E-state index in [0.29, 0.717) is 4.47 Å². The number of hydrogen-bond acceptors (Lipinski definition) is 4. The predicted molar refractivity (Wildman–Crippen MR) is 58.7 cm³/mol. The molecule has 0 fully saturated rings. The molecule has 1 aromatic rings. The molecule has 0 spiro atoms. The second-order valence-corrected chi connectivity index (χ2v) is 3.86. The molecule has 0 aliphatic heterocycles. The summed E-state index contributed by atoms with van der Waals surface area (Å²) in [5.74, 6) is -1.10. The van der Waals surface area contributed by atoms with Gasteiger partial charge in [0, 0.05) is 16.1 Å². The van der Waals surface area contributed by atoms with E-state index in [-0.39, 0.29) is 17.0 Å². The first kappa shape index (κ1) is 12.4. The van der Waals surface area contributed by atoms with Gasteiger partial charge in [-0.15, -0.1) is 0 Å². The number of rotatable bonds is 4. The predicted octanol–water partition coefficient (Wildman–Crippen LogP) is 1.99. The minimum absolute atomic E-state index is 0.0376. The number of benzene rings is 1. The Labute approximate surface area is 99.1 Å². The van der Waals surface area contributed by atoms with Crippen LogP contribution in [-0.2, 0) is 11.2 Å². The topological polar surface area (TPSA) is 89.7 Å². The maximum Gasteiger partial charge on any atom is 0.314 e. The zero-order valence-corrected chi connectivity index (χ0v) is 9.85. The highest BCUT2D eigenvalue weighted by Gasteiger charge is 2.23. The van der Waals surface area contributed by atoms with Gasteiger partial charge in [-0.3, -0.25) is 14.9 Å². The van der Waals surface area contributed by atoms with E-state index in [1.807, 2.05) is 0 Å². The maximum absolute atomic E-state index is 10.8. The highest BCUT2D eigenvalue weighted by molar-refractivity contribution is 9.10. The summed E-state index contributed by atoms with van der Waals surface area (Å²) in [6.45, 7) is 0. The molecule has 0 saturated heterocycles. The van der Waals surface area contributed by atoms with Crippen LogP contribution in [0.1, 0.15) is 5.56 Å². The highest BCUT2D eigenvalue weighted by Crippen LogP contribution is 2.34. The lowest BCUT2D eigenvalue weighted by atomic mass is 10.1. The van der Waals surface area contributed by atoms with Gasteiger partial charge >= 0.3 is 11.7 Å².